The van der Waals surface area contributed by atoms with Gasteiger partial charge in [0, 0.05) is 23.7 Å². The summed E-state index contributed by atoms with van der Waals surface area (Å²) in [5.41, 5.74) is 3.93. The molecule has 0 saturated carbocycles. The molecule has 2 heterocycles. The Morgan fingerprint density at radius 1 is 1.30 bits per heavy atom. The van der Waals surface area contributed by atoms with E-state index in [4.69, 9.17) is 10.1 Å². The molecule has 0 bridgehead atoms. The quantitative estimate of drug-likeness (QED) is 0.345. The summed E-state index contributed by atoms with van der Waals surface area (Å²) in [6.07, 6.45) is 4.26. The lowest BCUT2D eigenvalue weighted by atomic mass is 9.99. The van der Waals surface area contributed by atoms with Gasteiger partial charge < -0.3 is 9.66 Å². The number of benzene rings is 1. The van der Waals surface area contributed by atoms with Gasteiger partial charge in [0.2, 0.25) is 0 Å². The second-order valence-electron chi connectivity index (χ2n) is 6.61. The number of nitrogens with zero attached hydrogens (tertiary/aromatic N) is 3. The van der Waals surface area contributed by atoms with Gasteiger partial charge in [-0.05, 0) is 41.2 Å². The first kappa shape index (κ1) is 22.8. The van der Waals surface area contributed by atoms with Crippen LogP contribution in [0.1, 0.15) is 30.9 Å². The Morgan fingerprint density at radius 2 is 2.10 bits per heavy atom. The lowest BCUT2D eigenvalue weighted by molar-refractivity contribution is 0.299. The molecule has 30 heavy (non-hydrogen) atoms. The van der Waals surface area contributed by atoms with Gasteiger partial charge in [0.25, 0.3) is 0 Å². The van der Waals surface area contributed by atoms with Gasteiger partial charge in [-0.1, -0.05) is 49.4 Å². The minimum atomic E-state index is -0.954. The van der Waals surface area contributed by atoms with Crippen molar-refractivity contribution in [3.63, 3.8) is 0 Å². The zero-order chi connectivity index (χ0) is 21.3. The van der Waals surface area contributed by atoms with Crippen LogP contribution in [-0.4, -0.2) is 37.1 Å². The van der Waals surface area contributed by atoms with Crippen molar-refractivity contribution in [3.8, 4) is 27.9 Å². The molecule has 0 saturated heterocycles. The number of aromatic nitrogens is 2. The van der Waals surface area contributed by atoms with Crippen molar-refractivity contribution in [1.82, 2.24) is 9.97 Å². The fourth-order valence-corrected chi connectivity index (χ4v) is 6.00. The maximum atomic E-state index is 12.3. The summed E-state index contributed by atoms with van der Waals surface area (Å²) in [6.45, 7) is 2.18. The van der Waals surface area contributed by atoms with Crippen LogP contribution in [0.25, 0.3) is 21.8 Å². The van der Waals surface area contributed by atoms with Crippen molar-refractivity contribution in [3.05, 3.63) is 53.0 Å². The maximum Gasteiger partial charge on any atom is 0.156 e. The molecule has 0 fully saturated rings. The van der Waals surface area contributed by atoms with Gasteiger partial charge in [0.15, 0.2) is 5.08 Å². The molecule has 2 aromatic heterocycles. The molecule has 0 spiro atoms. The summed E-state index contributed by atoms with van der Waals surface area (Å²) in [7, 11) is 0. The predicted molar refractivity (Wildman–Crippen MR) is 125 cm³/mol. The first-order valence-electron chi connectivity index (χ1n) is 9.69. The van der Waals surface area contributed by atoms with E-state index in [1.807, 2.05) is 35.7 Å². The van der Waals surface area contributed by atoms with Crippen molar-refractivity contribution < 1.29 is 9.66 Å². The normalized spacial score (nSPS) is 11.9. The fourth-order valence-electron chi connectivity index (χ4n) is 2.89. The number of hydrogen-bond acceptors (Lipinski definition) is 7. The van der Waals surface area contributed by atoms with Crippen molar-refractivity contribution in [2.24, 2.45) is 0 Å². The molecule has 156 valence electrons. The van der Waals surface area contributed by atoms with E-state index >= 15 is 0 Å². The molecular formula is C22H23N3O2S3. The third-order valence-electron chi connectivity index (χ3n) is 4.47. The maximum absolute atomic E-state index is 12.3. The van der Waals surface area contributed by atoms with Crippen LogP contribution in [0.15, 0.2) is 46.9 Å². The van der Waals surface area contributed by atoms with Crippen LogP contribution in [0.3, 0.4) is 0 Å². The largest absolute Gasteiger partial charge is 0.616 e. The third kappa shape index (κ3) is 5.84. The summed E-state index contributed by atoms with van der Waals surface area (Å²) in [6, 6.07) is 12.0. The molecule has 1 aromatic carbocycles. The lowest BCUT2D eigenvalue weighted by Gasteiger charge is -2.13. The minimum Gasteiger partial charge on any atom is -0.616 e. The Hall–Kier alpha value is -1.89. The van der Waals surface area contributed by atoms with Crippen LogP contribution in [0.5, 0.6) is 0 Å². The van der Waals surface area contributed by atoms with E-state index < -0.39 is 11.2 Å². The SMILES string of the molecule is CCCC[S+]([O-])CSc1nc(-c2nccs2)cc(-c2ccc(CCO)cc2)c1C#N. The van der Waals surface area contributed by atoms with Crippen LogP contribution in [0.2, 0.25) is 0 Å². The lowest BCUT2D eigenvalue weighted by Crippen LogP contribution is -2.09. The van der Waals surface area contributed by atoms with Gasteiger partial charge in [-0.25, -0.2) is 9.97 Å². The highest BCUT2D eigenvalue weighted by atomic mass is 32.3. The second kappa shape index (κ2) is 11.5. The topological polar surface area (TPSA) is 92.9 Å². The molecule has 5 nitrogen and oxygen atoms in total. The van der Waals surface area contributed by atoms with Crippen LogP contribution < -0.4 is 0 Å². The highest BCUT2D eigenvalue weighted by Gasteiger charge is 2.19. The first-order chi connectivity index (χ1) is 14.7. The number of nitriles is 1. The van der Waals surface area contributed by atoms with E-state index in [-0.39, 0.29) is 6.61 Å². The number of unbranched alkanes of at least 4 members (excludes halogenated alkanes) is 1. The summed E-state index contributed by atoms with van der Waals surface area (Å²) in [5, 5.41) is 22.7. The molecule has 0 radical (unpaired) electrons. The minimum absolute atomic E-state index is 0.0994. The van der Waals surface area contributed by atoms with Gasteiger partial charge in [-0.3, -0.25) is 0 Å². The van der Waals surface area contributed by atoms with Crippen LogP contribution >= 0.6 is 23.1 Å². The zero-order valence-electron chi connectivity index (χ0n) is 16.7. The highest BCUT2D eigenvalue weighted by Crippen LogP contribution is 2.35. The molecule has 3 aromatic rings. The third-order valence-corrected chi connectivity index (χ3v) is 8.10. The summed E-state index contributed by atoms with van der Waals surface area (Å²) < 4.78 is 12.3. The molecular weight excluding hydrogens is 434 g/mol. The van der Waals surface area contributed by atoms with Crippen LogP contribution in [0.4, 0.5) is 0 Å². The Bertz CT molecular complexity index is 986. The van der Waals surface area contributed by atoms with Crippen molar-refractivity contribution in [1.29, 1.82) is 5.26 Å². The molecule has 0 aliphatic rings. The Balaban J connectivity index is 1.99. The molecule has 1 N–H and O–H groups in total. The summed E-state index contributed by atoms with van der Waals surface area (Å²) in [5.74, 6) is 0.663. The smallest absolute Gasteiger partial charge is 0.156 e. The fraction of sp³-hybridized carbons (Fsp3) is 0.318. The highest BCUT2D eigenvalue weighted by molar-refractivity contribution is 8.12. The van der Waals surface area contributed by atoms with Gasteiger partial charge in [-0.15, -0.1) is 11.3 Å². The average Bonchev–Trinajstić information content (AvgIpc) is 3.31. The van der Waals surface area contributed by atoms with E-state index in [0.717, 1.165) is 34.5 Å². The van der Waals surface area contributed by atoms with E-state index in [2.05, 4.69) is 18.0 Å². The van der Waals surface area contributed by atoms with Gasteiger partial charge in [0.1, 0.15) is 27.5 Å². The number of hydrogen-bond donors (Lipinski definition) is 1. The van der Waals surface area contributed by atoms with Gasteiger partial charge in [-0.2, -0.15) is 5.26 Å². The Kier molecular flexibility index (Phi) is 8.73. The number of rotatable bonds is 10. The van der Waals surface area contributed by atoms with Crippen molar-refractivity contribution >= 4 is 34.3 Å². The number of aliphatic hydroxyl groups excluding tert-OH is 1. The van der Waals surface area contributed by atoms with Crippen LogP contribution in [-0.2, 0) is 17.6 Å². The van der Waals surface area contributed by atoms with Crippen molar-refractivity contribution in [2.45, 2.75) is 31.2 Å². The van der Waals surface area contributed by atoms with E-state index in [1.165, 1.54) is 23.1 Å². The van der Waals surface area contributed by atoms with E-state index in [1.54, 1.807) is 6.20 Å². The second-order valence-corrected chi connectivity index (χ2v) is 10.4. The molecule has 1 unspecified atom stereocenters. The first-order valence-corrected chi connectivity index (χ1v) is 13.0. The summed E-state index contributed by atoms with van der Waals surface area (Å²) >= 11 is 1.91. The standard InChI is InChI=1S/C22H23N3O2S3/c1-2-3-12-30(27)15-29-21-19(14-23)18(13-20(25-21)22-24-9-11-28-22)17-6-4-16(5-7-17)8-10-26/h4-7,9,11,13,26H,2-3,8,10,12,15H2,1H3. The van der Waals surface area contributed by atoms with Crippen molar-refractivity contribution in [2.75, 3.05) is 17.4 Å². The number of thioether (sulfide) groups is 1. The molecule has 3 rings (SSSR count). The van der Waals surface area contributed by atoms with E-state index in [9.17, 15) is 9.81 Å². The van der Waals surface area contributed by atoms with Gasteiger partial charge >= 0.3 is 0 Å². The molecule has 8 heteroatoms. The molecule has 0 amide bonds. The monoisotopic (exact) mass is 457 g/mol. The zero-order valence-corrected chi connectivity index (χ0v) is 19.2. The Morgan fingerprint density at radius 3 is 2.73 bits per heavy atom. The molecule has 0 aliphatic heterocycles. The van der Waals surface area contributed by atoms with Crippen LogP contribution in [0, 0.1) is 11.3 Å². The average molecular weight is 458 g/mol. The predicted octanol–water partition coefficient (Wildman–Crippen LogP) is 4.88. The number of aliphatic hydroxyl groups is 1. The Labute approximate surface area is 188 Å². The number of pyridine rings is 1. The molecule has 0 aliphatic carbocycles. The summed E-state index contributed by atoms with van der Waals surface area (Å²) in [4.78, 5) is 9.06. The van der Waals surface area contributed by atoms with E-state index in [0.29, 0.717) is 33.5 Å². The molecule has 1 atom stereocenters. The number of thiazole rings is 1. The van der Waals surface area contributed by atoms with Gasteiger partial charge in [0.05, 0.1) is 5.56 Å².